The summed E-state index contributed by atoms with van der Waals surface area (Å²) in [4.78, 5) is 7.59. The maximum absolute atomic E-state index is 14.8. The molecule has 38 heavy (non-hydrogen) atoms. The van der Waals surface area contributed by atoms with E-state index in [4.69, 9.17) is 9.47 Å². The number of aromatic nitrogens is 2. The van der Waals surface area contributed by atoms with Crippen LogP contribution in [0.1, 0.15) is 68.5 Å². The molecule has 10 heteroatoms. The predicted molar refractivity (Wildman–Crippen MR) is 129 cm³/mol. The second kappa shape index (κ2) is 11.6. The van der Waals surface area contributed by atoms with Crippen molar-refractivity contribution in [3.8, 4) is 17.6 Å². The van der Waals surface area contributed by atoms with Crippen LogP contribution in [0.2, 0.25) is 0 Å². The lowest BCUT2D eigenvalue weighted by atomic mass is 9.91. The fourth-order valence-electron chi connectivity index (χ4n) is 4.40. The number of nitrogens with zero attached hydrogens (tertiary/aromatic N) is 2. The van der Waals surface area contributed by atoms with Crippen LogP contribution in [0.25, 0.3) is 10.8 Å². The number of ether oxygens (including phenoxy) is 2. The minimum atomic E-state index is -4.77. The van der Waals surface area contributed by atoms with Crippen LogP contribution in [0, 0.1) is 23.6 Å². The second-order valence-corrected chi connectivity index (χ2v) is 9.28. The van der Waals surface area contributed by atoms with Crippen molar-refractivity contribution in [1.29, 1.82) is 0 Å². The van der Waals surface area contributed by atoms with Crippen LogP contribution in [0.5, 0.6) is 5.75 Å². The summed E-state index contributed by atoms with van der Waals surface area (Å²) in [5.41, 5.74) is 0.151. The summed E-state index contributed by atoms with van der Waals surface area (Å²) in [6.07, 6.45) is 0.121. The molecule has 0 radical (unpaired) electrons. The van der Waals surface area contributed by atoms with E-state index in [0.29, 0.717) is 18.1 Å². The Morgan fingerprint density at radius 3 is 2.45 bits per heavy atom. The largest absolute Gasteiger partial charge is 0.462 e. The van der Waals surface area contributed by atoms with Crippen LogP contribution >= 0.6 is 0 Å². The van der Waals surface area contributed by atoms with Gasteiger partial charge < -0.3 is 9.47 Å². The maximum atomic E-state index is 14.8. The molecule has 2 unspecified atom stereocenters. The Kier molecular flexibility index (Phi) is 8.46. The first-order valence-electron chi connectivity index (χ1n) is 12.4. The average molecular weight is 537 g/mol. The molecule has 1 aromatic heterocycles. The zero-order valence-electron chi connectivity index (χ0n) is 20.6. The van der Waals surface area contributed by atoms with Crippen LogP contribution in [-0.2, 0) is 10.8 Å². The van der Waals surface area contributed by atoms with Crippen molar-refractivity contribution in [3.05, 3.63) is 65.5 Å². The SMILES string of the molecule is CCCCCC1CCC(c2cnc(C(F)(F)Oc3ccc4c(F)c(C#CC(F)(F)F)ccc4c3)nc2)OC1. The molecule has 2 aromatic carbocycles. The lowest BCUT2D eigenvalue weighted by Gasteiger charge is -2.29. The molecule has 0 amide bonds. The van der Waals surface area contributed by atoms with Gasteiger partial charge in [-0.15, -0.1) is 0 Å². The van der Waals surface area contributed by atoms with Crippen LogP contribution < -0.4 is 4.74 Å². The number of hydrogen-bond donors (Lipinski definition) is 0. The first-order valence-corrected chi connectivity index (χ1v) is 12.4. The number of unbranched alkanes of at least 4 members (excludes halogenated alkanes) is 2. The van der Waals surface area contributed by atoms with Gasteiger partial charge in [0.2, 0.25) is 5.82 Å². The first kappa shape index (κ1) is 27.7. The van der Waals surface area contributed by atoms with Gasteiger partial charge in [0.05, 0.1) is 18.3 Å². The van der Waals surface area contributed by atoms with Crippen LogP contribution in [0.15, 0.2) is 42.7 Å². The van der Waals surface area contributed by atoms with E-state index in [1.54, 1.807) is 5.92 Å². The fourth-order valence-corrected chi connectivity index (χ4v) is 4.40. The van der Waals surface area contributed by atoms with Gasteiger partial charge in [-0.3, -0.25) is 0 Å². The molecule has 1 aliphatic heterocycles. The van der Waals surface area contributed by atoms with Crippen molar-refractivity contribution in [2.45, 2.75) is 63.8 Å². The third-order valence-corrected chi connectivity index (χ3v) is 6.40. The molecular weight excluding hydrogens is 510 g/mol. The molecule has 1 saturated heterocycles. The fraction of sp³-hybridized carbons (Fsp3) is 0.429. The number of benzene rings is 2. The summed E-state index contributed by atoms with van der Waals surface area (Å²) in [5, 5.41) is 0.0578. The Labute approximate surface area is 216 Å². The monoisotopic (exact) mass is 536 g/mol. The van der Waals surface area contributed by atoms with Gasteiger partial charge in [-0.05, 0) is 54.8 Å². The third kappa shape index (κ3) is 6.95. The van der Waals surface area contributed by atoms with Gasteiger partial charge >= 0.3 is 12.3 Å². The molecule has 0 N–H and O–H groups in total. The Balaban J connectivity index is 1.42. The molecule has 0 spiro atoms. The van der Waals surface area contributed by atoms with Gasteiger partial charge in [-0.25, -0.2) is 14.4 Å². The van der Waals surface area contributed by atoms with E-state index in [9.17, 15) is 26.3 Å². The summed E-state index contributed by atoms with van der Waals surface area (Å²) >= 11 is 0. The third-order valence-electron chi connectivity index (χ3n) is 6.40. The first-order chi connectivity index (χ1) is 18.1. The normalized spacial score (nSPS) is 18.2. The van der Waals surface area contributed by atoms with Crippen molar-refractivity contribution < 1.29 is 35.8 Å². The average Bonchev–Trinajstić information content (AvgIpc) is 2.88. The number of fused-ring (bicyclic) bond motifs is 1. The van der Waals surface area contributed by atoms with Gasteiger partial charge in [-0.2, -0.15) is 22.0 Å². The number of alkyl halides is 5. The van der Waals surface area contributed by atoms with Crippen molar-refractivity contribution >= 4 is 10.8 Å². The summed E-state index contributed by atoms with van der Waals surface area (Å²) in [5.74, 6) is 1.10. The molecule has 202 valence electrons. The predicted octanol–water partition coefficient (Wildman–Crippen LogP) is 7.86. The summed E-state index contributed by atoms with van der Waals surface area (Å²) < 4.78 is 91.8. The molecule has 2 atom stereocenters. The van der Waals surface area contributed by atoms with Crippen LogP contribution in [-0.4, -0.2) is 22.8 Å². The summed E-state index contributed by atoms with van der Waals surface area (Å²) in [6, 6.07) is 5.68. The lowest BCUT2D eigenvalue weighted by Crippen LogP contribution is -2.26. The summed E-state index contributed by atoms with van der Waals surface area (Å²) in [7, 11) is 0. The molecule has 0 aliphatic carbocycles. The lowest BCUT2D eigenvalue weighted by molar-refractivity contribution is -0.192. The Bertz CT molecular complexity index is 1310. The van der Waals surface area contributed by atoms with E-state index in [-0.39, 0.29) is 22.6 Å². The van der Waals surface area contributed by atoms with E-state index >= 15 is 0 Å². The van der Waals surface area contributed by atoms with Gasteiger partial charge in [0.15, 0.2) is 0 Å². The van der Waals surface area contributed by atoms with E-state index < -0.39 is 29.5 Å². The quantitative estimate of drug-likeness (QED) is 0.167. The highest BCUT2D eigenvalue weighted by Crippen LogP contribution is 2.35. The zero-order chi connectivity index (χ0) is 27.3. The van der Waals surface area contributed by atoms with E-state index in [1.165, 1.54) is 37.7 Å². The van der Waals surface area contributed by atoms with Crippen molar-refractivity contribution in [2.75, 3.05) is 6.61 Å². The maximum Gasteiger partial charge on any atom is 0.462 e. The summed E-state index contributed by atoms with van der Waals surface area (Å²) in [6.45, 7) is 2.78. The highest BCUT2D eigenvalue weighted by Gasteiger charge is 2.39. The minimum absolute atomic E-state index is 0.0877. The second-order valence-electron chi connectivity index (χ2n) is 9.28. The van der Waals surface area contributed by atoms with Crippen molar-refractivity contribution in [1.82, 2.24) is 9.97 Å². The van der Waals surface area contributed by atoms with Crippen LogP contribution in [0.3, 0.4) is 0 Å². The minimum Gasteiger partial charge on any atom is -0.427 e. The number of halogens is 6. The van der Waals surface area contributed by atoms with Crippen molar-refractivity contribution in [3.63, 3.8) is 0 Å². The molecule has 0 saturated carbocycles. The van der Waals surface area contributed by atoms with E-state index in [0.717, 1.165) is 49.4 Å². The smallest absolute Gasteiger partial charge is 0.427 e. The molecule has 4 nitrogen and oxygen atoms in total. The number of rotatable bonds is 8. The van der Waals surface area contributed by atoms with Gasteiger partial charge in [0.25, 0.3) is 0 Å². The standard InChI is InChI=1S/C28H26F6N2O2/c1-2-3-4-5-18-6-11-24(37-17-18)21-15-35-26(36-16-21)28(33,34)38-22-9-10-23-20(14-22)8-7-19(25(23)29)12-13-27(30,31)32/h7-10,14-16,18,24H,2-6,11,17H2,1H3. The molecular formula is C28H26F6N2O2. The molecule has 1 fully saturated rings. The molecule has 2 heterocycles. The molecule has 1 aliphatic rings. The van der Waals surface area contributed by atoms with Crippen LogP contribution in [0.4, 0.5) is 26.3 Å². The Hall–Kier alpha value is -3.32. The highest BCUT2D eigenvalue weighted by atomic mass is 19.4. The molecule has 0 bridgehead atoms. The van der Waals surface area contributed by atoms with E-state index in [2.05, 4.69) is 16.9 Å². The van der Waals surface area contributed by atoms with Gasteiger partial charge in [0.1, 0.15) is 11.6 Å². The number of hydrogen-bond acceptors (Lipinski definition) is 4. The Morgan fingerprint density at radius 1 is 1.03 bits per heavy atom. The molecule has 4 rings (SSSR count). The van der Waals surface area contributed by atoms with E-state index in [1.807, 2.05) is 0 Å². The Morgan fingerprint density at radius 2 is 1.79 bits per heavy atom. The van der Waals surface area contributed by atoms with Crippen molar-refractivity contribution in [2.24, 2.45) is 5.92 Å². The highest BCUT2D eigenvalue weighted by molar-refractivity contribution is 5.86. The van der Waals surface area contributed by atoms with Gasteiger partial charge in [0, 0.05) is 29.3 Å². The zero-order valence-corrected chi connectivity index (χ0v) is 20.6. The molecule has 3 aromatic rings. The van der Waals surface area contributed by atoms with Gasteiger partial charge in [-0.1, -0.05) is 38.2 Å². The topological polar surface area (TPSA) is 44.2 Å².